The Morgan fingerprint density at radius 1 is 1.40 bits per heavy atom. The lowest BCUT2D eigenvalue weighted by Crippen LogP contribution is -2.64. The molecule has 4 amide bonds. The van der Waals surface area contributed by atoms with E-state index in [9.17, 15) is 19.2 Å². The summed E-state index contributed by atoms with van der Waals surface area (Å²) in [5, 5.41) is 9.60. The molecule has 1 aliphatic heterocycles. The minimum Gasteiger partial charge on any atom is -0.359 e. The second kappa shape index (κ2) is 7.64. The highest BCUT2D eigenvalue weighted by molar-refractivity contribution is 7.12. The lowest BCUT2D eigenvalue weighted by Gasteiger charge is -2.39. The summed E-state index contributed by atoms with van der Waals surface area (Å²) in [6.07, 6.45) is -0.122. The van der Waals surface area contributed by atoms with E-state index in [1.54, 1.807) is 31.4 Å². The van der Waals surface area contributed by atoms with Gasteiger partial charge in [-0.2, -0.15) is 0 Å². The maximum Gasteiger partial charge on any atom is 0.262 e. The predicted octanol–water partition coefficient (Wildman–Crippen LogP) is -0.280. The smallest absolute Gasteiger partial charge is 0.262 e. The van der Waals surface area contributed by atoms with E-state index in [1.165, 1.54) is 23.3 Å². The summed E-state index contributed by atoms with van der Waals surface area (Å²) in [7, 11) is 1.47. The van der Waals surface area contributed by atoms with Crippen LogP contribution in [0.25, 0.3) is 0 Å². The molecular formula is C16H22N4O4S. The van der Waals surface area contributed by atoms with Crippen LogP contribution in [-0.4, -0.2) is 60.2 Å². The van der Waals surface area contributed by atoms with E-state index in [1.807, 2.05) is 0 Å². The van der Waals surface area contributed by atoms with E-state index in [4.69, 9.17) is 0 Å². The average molecular weight is 366 g/mol. The Morgan fingerprint density at radius 2 is 2.12 bits per heavy atom. The lowest BCUT2D eigenvalue weighted by atomic mass is 9.99. The predicted molar refractivity (Wildman–Crippen MR) is 93.1 cm³/mol. The Labute approximate surface area is 150 Å². The Bertz CT molecular complexity index is 672. The molecule has 0 unspecified atom stereocenters. The first-order valence-corrected chi connectivity index (χ1v) is 8.79. The first-order valence-electron chi connectivity index (χ1n) is 7.91. The van der Waals surface area contributed by atoms with Crippen LogP contribution in [-0.2, 0) is 14.4 Å². The molecule has 1 saturated heterocycles. The van der Waals surface area contributed by atoms with Crippen molar-refractivity contribution in [2.45, 2.75) is 31.8 Å². The number of carbonyl (C=O) groups is 4. The van der Waals surface area contributed by atoms with Crippen LogP contribution in [0.2, 0.25) is 0 Å². The van der Waals surface area contributed by atoms with Crippen LogP contribution in [0.5, 0.6) is 0 Å². The fraction of sp³-hybridized carbons (Fsp3) is 0.500. The molecule has 0 saturated carbocycles. The van der Waals surface area contributed by atoms with Crippen molar-refractivity contribution < 1.29 is 19.2 Å². The van der Waals surface area contributed by atoms with Crippen molar-refractivity contribution in [2.75, 3.05) is 20.1 Å². The maximum atomic E-state index is 13.0. The van der Waals surface area contributed by atoms with Crippen LogP contribution < -0.4 is 16.0 Å². The molecule has 1 aromatic heterocycles. The number of nitrogens with zero attached hydrogens (tertiary/aromatic N) is 1. The van der Waals surface area contributed by atoms with E-state index in [0.29, 0.717) is 11.4 Å². The second-order valence-corrected chi connectivity index (χ2v) is 7.19. The minimum atomic E-state index is -1.21. The van der Waals surface area contributed by atoms with Gasteiger partial charge in [-0.05, 0) is 25.3 Å². The summed E-state index contributed by atoms with van der Waals surface area (Å²) >= 11 is 1.28. The second-order valence-electron chi connectivity index (χ2n) is 6.24. The number of hydrogen-bond donors (Lipinski definition) is 3. The van der Waals surface area contributed by atoms with Crippen molar-refractivity contribution in [2.24, 2.45) is 0 Å². The third kappa shape index (κ3) is 4.36. The zero-order valence-corrected chi connectivity index (χ0v) is 15.2. The van der Waals surface area contributed by atoms with E-state index in [0.717, 1.165) is 0 Å². The maximum absolute atomic E-state index is 13.0. The summed E-state index contributed by atoms with van der Waals surface area (Å²) in [5.74, 6) is -1.46. The van der Waals surface area contributed by atoms with Crippen LogP contribution >= 0.6 is 11.3 Å². The first-order chi connectivity index (χ1) is 11.8. The van der Waals surface area contributed by atoms with Crippen molar-refractivity contribution in [1.29, 1.82) is 0 Å². The van der Waals surface area contributed by atoms with Gasteiger partial charge in [0.05, 0.1) is 11.3 Å². The molecule has 0 bridgehead atoms. The minimum absolute atomic E-state index is 0.122. The van der Waals surface area contributed by atoms with Crippen molar-refractivity contribution in [3.8, 4) is 0 Å². The molecule has 8 nitrogen and oxygen atoms in total. The van der Waals surface area contributed by atoms with Crippen molar-refractivity contribution >= 4 is 35.0 Å². The monoisotopic (exact) mass is 366 g/mol. The molecule has 0 aromatic carbocycles. The Hall–Kier alpha value is -2.42. The molecule has 0 radical (unpaired) electrons. The van der Waals surface area contributed by atoms with Gasteiger partial charge in [-0.3, -0.25) is 19.2 Å². The van der Waals surface area contributed by atoms with Crippen molar-refractivity contribution in [1.82, 2.24) is 20.9 Å². The van der Waals surface area contributed by atoms with Crippen LogP contribution in [0, 0.1) is 0 Å². The molecule has 1 aromatic rings. The number of amides is 4. The summed E-state index contributed by atoms with van der Waals surface area (Å²) < 4.78 is 0. The number of hydrogen-bond acceptors (Lipinski definition) is 5. The van der Waals surface area contributed by atoms with Crippen LogP contribution in [0.15, 0.2) is 17.5 Å². The Kier molecular flexibility index (Phi) is 5.78. The molecule has 1 aliphatic rings. The zero-order chi connectivity index (χ0) is 18.6. The van der Waals surface area contributed by atoms with E-state index < -0.39 is 17.5 Å². The van der Waals surface area contributed by atoms with Gasteiger partial charge < -0.3 is 20.9 Å². The van der Waals surface area contributed by atoms with Crippen LogP contribution in [0.1, 0.15) is 29.9 Å². The van der Waals surface area contributed by atoms with Gasteiger partial charge in [0.25, 0.3) is 5.91 Å². The molecule has 3 N–H and O–H groups in total. The molecule has 1 atom stereocenters. The number of carbonyl (C=O) groups excluding carboxylic acids is 4. The fourth-order valence-corrected chi connectivity index (χ4v) is 3.22. The van der Waals surface area contributed by atoms with Crippen molar-refractivity contribution in [3.05, 3.63) is 22.4 Å². The van der Waals surface area contributed by atoms with Gasteiger partial charge in [0.2, 0.25) is 17.7 Å². The molecule has 0 spiro atoms. The SMILES string of the molecule is CNC(=O)C[C@H]1C(=O)NCCN1C(=O)C(C)(C)NC(=O)c1cccs1. The highest BCUT2D eigenvalue weighted by atomic mass is 32.1. The highest BCUT2D eigenvalue weighted by Crippen LogP contribution is 2.17. The fourth-order valence-electron chi connectivity index (χ4n) is 2.60. The zero-order valence-electron chi connectivity index (χ0n) is 14.4. The number of thiophene rings is 1. The number of piperazine rings is 1. The summed E-state index contributed by atoms with van der Waals surface area (Å²) in [4.78, 5) is 50.9. The van der Waals surface area contributed by atoms with Crippen molar-refractivity contribution in [3.63, 3.8) is 0 Å². The number of rotatable bonds is 5. The first kappa shape index (κ1) is 18.9. The molecular weight excluding hydrogens is 344 g/mol. The number of nitrogens with one attached hydrogen (secondary N) is 3. The highest BCUT2D eigenvalue weighted by Gasteiger charge is 2.41. The van der Waals surface area contributed by atoms with Gasteiger partial charge in [-0.1, -0.05) is 6.07 Å². The molecule has 136 valence electrons. The van der Waals surface area contributed by atoms with Gasteiger partial charge in [-0.15, -0.1) is 11.3 Å². The van der Waals surface area contributed by atoms with E-state index in [2.05, 4.69) is 16.0 Å². The molecule has 2 heterocycles. The average Bonchev–Trinajstić information content (AvgIpc) is 3.10. The molecule has 25 heavy (non-hydrogen) atoms. The van der Waals surface area contributed by atoms with E-state index in [-0.39, 0.29) is 30.7 Å². The Morgan fingerprint density at radius 3 is 2.72 bits per heavy atom. The topological polar surface area (TPSA) is 108 Å². The summed E-state index contributed by atoms with van der Waals surface area (Å²) in [6, 6.07) is 2.53. The third-order valence-electron chi connectivity index (χ3n) is 3.95. The molecule has 1 fully saturated rings. The molecule has 2 rings (SSSR count). The van der Waals surface area contributed by atoms with Crippen LogP contribution in [0.4, 0.5) is 0 Å². The van der Waals surface area contributed by atoms with Gasteiger partial charge in [0.1, 0.15) is 11.6 Å². The Balaban J connectivity index is 2.15. The van der Waals surface area contributed by atoms with E-state index >= 15 is 0 Å². The standard InChI is InChI=1S/C16H22N4O4S/c1-16(2,19-14(23)11-5-4-8-25-11)15(24)20-7-6-18-13(22)10(20)9-12(21)17-3/h4-5,8,10H,6-7,9H2,1-3H3,(H,17,21)(H,18,22)(H,19,23)/t10-/m0/s1. The van der Waals surface area contributed by atoms with Gasteiger partial charge >= 0.3 is 0 Å². The van der Waals surface area contributed by atoms with Gasteiger partial charge in [0, 0.05) is 20.1 Å². The lowest BCUT2D eigenvalue weighted by molar-refractivity contribution is -0.148. The third-order valence-corrected chi connectivity index (χ3v) is 4.82. The quantitative estimate of drug-likeness (QED) is 0.666. The molecule has 0 aliphatic carbocycles. The largest absolute Gasteiger partial charge is 0.359 e. The summed E-state index contributed by atoms with van der Waals surface area (Å²) in [5.41, 5.74) is -1.21. The van der Waals surface area contributed by atoms with Gasteiger partial charge in [-0.25, -0.2) is 0 Å². The normalized spacial score (nSPS) is 17.6. The van der Waals surface area contributed by atoms with Gasteiger partial charge in [0.15, 0.2) is 0 Å². The van der Waals surface area contributed by atoms with Crippen LogP contribution in [0.3, 0.4) is 0 Å². The summed E-state index contributed by atoms with van der Waals surface area (Å²) in [6.45, 7) is 3.77. The molecule has 9 heteroatoms.